The molecule has 1 N–H and O–H groups in total. The molecule has 1 unspecified atom stereocenters. The standard InChI is InChI=1S/C24H22ClFN4O2/c25-20-4-2-1-3-19(20)22(30-11-13-31-14-12-30)16-28-24-21(15-27)29-23(32-24)10-7-17-5-8-18(26)9-6-17/h1-10,22,28H,11-14,16H2. The molecule has 32 heavy (non-hydrogen) atoms. The van der Waals surface area contributed by atoms with Crippen LogP contribution in [0.2, 0.25) is 5.02 Å². The molecule has 0 spiro atoms. The Hall–Kier alpha value is -3.18. The van der Waals surface area contributed by atoms with E-state index >= 15 is 0 Å². The summed E-state index contributed by atoms with van der Waals surface area (Å²) in [6.45, 7) is 3.36. The Labute approximate surface area is 190 Å². The molecule has 1 aliphatic heterocycles. The van der Waals surface area contributed by atoms with Crippen molar-refractivity contribution in [2.45, 2.75) is 6.04 Å². The molecule has 0 saturated carbocycles. The van der Waals surface area contributed by atoms with Crippen molar-refractivity contribution in [2.75, 3.05) is 38.2 Å². The van der Waals surface area contributed by atoms with E-state index in [1.54, 1.807) is 24.3 Å². The molecule has 1 fully saturated rings. The highest BCUT2D eigenvalue weighted by Gasteiger charge is 2.25. The fraction of sp³-hybridized carbons (Fsp3) is 0.250. The van der Waals surface area contributed by atoms with E-state index in [1.807, 2.05) is 24.3 Å². The number of aromatic nitrogens is 1. The van der Waals surface area contributed by atoms with Crippen LogP contribution >= 0.6 is 11.6 Å². The third kappa shape index (κ3) is 5.35. The minimum Gasteiger partial charge on any atom is -0.420 e. The van der Waals surface area contributed by atoms with Crippen molar-refractivity contribution in [3.8, 4) is 6.07 Å². The summed E-state index contributed by atoms with van der Waals surface area (Å²) in [5.41, 5.74) is 1.96. The predicted octanol–water partition coefficient (Wildman–Crippen LogP) is 4.99. The first-order valence-electron chi connectivity index (χ1n) is 10.3. The van der Waals surface area contributed by atoms with Gasteiger partial charge in [-0.2, -0.15) is 10.2 Å². The summed E-state index contributed by atoms with van der Waals surface area (Å²) in [7, 11) is 0. The number of anilines is 1. The molecule has 0 aliphatic carbocycles. The Morgan fingerprint density at radius 1 is 1.16 bits per heavy atom. The fourth-order valence-corrected chi connectivity index (χ4v) is 3.87. The van der Waals surface area contributed by atoms with Crippen molar-refractivity contribution >= 4 is 29.6 Å². The van der Waals surface area contributed by atoms with Gasteiger partial charge in [-0.3, -0.25) is 4.90 Å². The Balaban J connectivity index is 1.52. The number of nitrogens with zero attached hydrogens (tertiary/aromatic N) is 3. The van der Waals surface area contributed by atoms with Gasteiger partial charge in [-0.25, -0.2) is 4.39 Å². The topological polar surface area (TPSA) is 74.3 Å². The summed E-state index contributed by atoms with van der Waals surface area (Å²) < 4.78 is 24.3. The summed E-state index contributed by atoms with van der Waals surface area (Å²) in [5.74, 6) is 0.287. The fourth-order valence-electron chi connectivity index (χ4n) is 3.60. The van der Waals surface area contributed by atoms with Gasteiger partial charge < -0.3 is 14.5 Å². The zero-order valence-corrected chi connectivity index (χ0v) is 18.1. The summed E-state index contributed by atoms with van der Waals surface area (Å²) in [5, 5.41) is 13.4. The van der Waals surface area contributed by atoms with Gasteiger partial charge in [0.2, 0.25) is 17.5 Å². The van der Waals surface area contributed by atoms with Crippen molar-refractivity contribution in [2.24, 2.45) is 0 Å². The van der Waals surface area contributed by atoms with Crippen LogP contribution < -0.4 is 5.32 Å². The van der Waals surface area contributed by atoms with Crippen molar-refractivity contribution in [1.29, 1.82) is 5.26 Å². The Kier molecular flexibility index (Phi) is 7.17. The van der Waals surface area contributed by atoms with Gasteiger partial charge in [0.15, 0.2) is 0 Å². The van der Waals surface area contributed by atoms with Gasteiger partial charge in [0.1, 0.15) is 11.9 Å². The molecule has 1 saturated heterocycles. The van der Waals surface area contributed by atoms with E-state index in [0.29, 0.717) is 30.7 Å². The first-order chi connectivity index (χ1) is 15.6. The molecule has 4 rings (SSSR count). The minimum atomic E-state index is -0.301. The van der Waals surface area contributed by atoms with E-state index in [1.165, 1.54) is 12.1 Å². The molecule has 6 nitrogen and oxygen atoms in total. The van der Waals surface area contributed by atoms with Crippen LogP contribution in [0, 0.1) is 17.1 Å². The number of nitriles is 1. The second-order valence-electron chi connectivity index (χ2n) is 7.29. The molecule has 1 atom stereocenters. The molecule has 164 valence electrons. The van der Waals surface area contributed by atoms with Crippen LogP contribution in [0.4, 0.5) is 10.3 Å². The summed E-state index contributed by atoms with van der Waals surface area (Å²) in [4.78, 5) is 6.53. The lowest BCUT2D eigenvalue weighted by Crippen LogP contribution is -2.41. The molecule has 0 radical (unpaired) electrons. The third-order valence-corrected chi connectivity index (χ3v) is 5.59. The van der Waals surface area contributed by atoms with Crippen LogP contribution in [0.25, 0.3) is 12.2 Å². The van der Waals surface area contributed by atoms with E-state index in [-0.39, 0.29) is 23.4 Å². The van der Waals surface area contributed by atoms with E-state index in [9.17, 15) is 9.65 Å². The number of nitrogens with one attached hydrogen (secondary N) is 1. The lowest BCUT2D eigenvalue weighted by Gasteiger charge is -2.35. The summed E-state index contributed by atoms with van der Waals surface area (Å²) >= 11 is 6.49. The second-order valence-corrected chi connectivity index (χ2v) is 7.70. The molecule has 2 heterocycles. The van der Waals surface area contributed by atoms with Gasteiger partial charge in [-0.1, -0.05) is 41.9 Å². The van der Waals surface area contributed by atoms with Crippen molar-refractivity contribution in [3.05, 3.63) is 82.1 Å². The van der Waals surface area contributed by atoms with E-state index in [0.717, 1.165) is 24.2 Å². The number of oxazole rings is 1. The molecule has 1 aliphatic rings. The van der Waals surface area contributed by atoms with E-state index in [2.05, 4.69) is 21.3 Å². The quantitative estimate of drug-likeness (QED) is 0.544. The third-order valence-electron chi connectivity index (χ3n) is 5.24. The average Bonchev–Trinajstić information content (AvgIpc) is 3.23. The first kappa shape index (κ1) is 22.0. The summed E-state index contributed by atoms with van der Waals surface area (Å²) in [6, 6.07) is 15.8. The molecular weight excluding hydrogens is 431 g/mol. The number of benzene rings is 2. The predicted molar refractivity (Wildman–Crippen MR) is 122 cm³/mol. The van der Waals surface area contributed by atoms with Gasteiger partial charge in [-0.05, 0) is 35.4 Å². The maximum Gasteiger partial charge on any atom is 0.232 e. The normalized spacial score (nSPS) is 15.5. The van der Waals surface area contributed by atoms with Crippen molar-refractivity contribution in [3.63, 3.8) is 0 Å². The molecule has 0 amide bonds. The van der Waals surface area contributed by atoms with E-state index in [4.69, 9.17) is 20.8 Å². The zero-order valence-electron chi connectivity index (χ0n) is 17.3. The molecule has 8 heteroatoms. The zero-order chi connectivity index (χ0) is 22.3. The maximum atomic E-state index is 13.1. The number of hydrogen-bond donors (Lipinski definition) is 1. The van der Waals surface area contributed by atoms with Gasteiger partial charge >= 0.3 is 0 Å². The minimum absolute atomic E-state index is 0.0255. The van der Waals surface area contributed by atoms with Crippen LogP contribution in [0.1, 0.15) is 28.8 Å². The molecule has 3 aromatic rings. The van der Waals surface area contributed by atoms with Crippen LogP contribution in [0.5, 0.6) is 0 Å². The van der Waals surface area contributed by atoms with Crippen LogP contribution in [-0.4, -0.2) is 42.7 Å². The van der Waals surface area contributed by atoms with Gasteiger partial charge in [0.25, 0.3) is 0 Å². The lowest BCUT2D eigenvalue weighted by atomic mass is 10.0. The van der Waals surface area contributed by atoms with E-state index < -0.39 is 0 Å². The van der Waals surface area contributed by atoms with Gasteiger partial charge in [0, 0.05) is 30.7 Å². The highest BCUT2D eigenvalue weighted by atomic mass is 35.5. The highest BCUT2D eigenvalue weighted by Crippen LogP contribution is 2.29. The number of halogens is 2. The SMILES string of the molecule is N#Cc1nc(C=Cc2ccc(F)cc2)oc1NCC(c1ccccc1Cl)N1CCOCC1. The summed E-state index contributed by atoms with van der Waals surface area (Å²) in [6.07, 6.45) is 3.39. The number of morpholine rings is 1. The smallest absolute Gasteiger partial charge is 0.232 e. The number of rotatable bonds is 7. The Bertz CT molecular complexity index is 1120. The molecule has 2 aromatic carbocycles. The molecule has 1 aromatic heterocycles. The second kappa shape index (κ2) is 10.4. The average molecular weight is 453 g/mol. The Morgan fingerprint density at radius 2 is 1.91 bits per heavy atom. The number of ether oxygens (including phenoxy) is 1. The van der Waals surface area contributed by atoms with Gasteiger partial charge in [-0.15, -0.1) is 0 Å². The molecule has 0 bridgehead atoms. The van der Waals surface area contributed by atoms with Crippen molar-refractivity contribution < 1.29 is 13.5 Å². The van der Waals surface area contributed by atoms with Crippen LogP contribution in [0.3, 0.4) is 0 Å². The number of hydrogen-bond acceptors (Lipinski definition) is 6. The maximum absolute atomic E-state index is 13.1. The largest absolute Gasteiger partial charge is 0.420 e. The van der Waals surface area contributed by atoms with Crippen LogP contribution in [0.15, 0.2) is 52.9 Å². The lowest BCUT2D eigenvalue weighted by molar-refractivity contribution is 0.0186. The Morgan fingerprint density at radius 3 is 2.62 bits per heavy atom. The molecular formula is C24H22ClFN4O2. The monoisotopic (exact) mass is 452 g/mol. The van der Waals surface area contributed by atoms with Gasteiger partial charge in [0.05, 0.1) is 19.3 Å². The highest BCUT2D eigenvalue weighted by molar-refractivity contribution is 6.31. The first-order valence-corrected chi connectivity index (χ1v) is 10.7. The van der Waals surface area contributed by atoms with Crippen molar-refractivity contribution in [1.82, 2.24) is 9.88 Å². The van der Waals surface area contributed by atoms with Crippen LogP contribution in [-0.2, 0) is 4.74 Å².